The molecular formula is C10H22N2O. The van der Waals surface area contributed by atoms with Gasteiger partial charge in [-0.05, 0) is 38.3 Å². The van der Waals surface area contributed by atoms with Crippen LogP contribution in [0.25, 0.3) is 0 Å². The van der Waals surface area contributed by atoms with Crippen LogP contribution in [0.5, 0.6) is 0 Å². The fourth-order valence-electron chi connectivity index (χ4n) is 2.04. The Labute approximate surface area is 81.0 Å². The summed E-state index contributed by atoms with van der Waals surface area (Å²) in [5.74, 6) is 0. The number of hydrogen-bond acceptors (Lipinski definition) is 3. The van der Waals surface area contributed by atoms with E-state index in [-0.39, 0.29) is 17.6 Å². The number of nitrogens with two attached hydrogens (primary N) is 1. The summed E-state index contributed by atoms with van der Waals surface area (Å²) >= 11 is 0. The number of nitrogens with one attached hydrogen (secondary N) is 1. The van der Waals surface area contributed by atoms with E-state index in [9.17, 15) is 0 Å². The van der Waals surface area contributed by atoms with Gasteiger partial charge in [0, 0.05) is 13.2 Å². The van der Waals surface area contributed by atoms with Crippen LogP contribution >= 0.6 is 0 Å². The summed E-state index contributed by atoms with van der Waals surface area (Å²) < 4.78 is 5.28. The van der Waals surface area contributed by atoms with E-state index >= 15 is 0 Å². The van der Waals surface area contributed by atoms with Gasteiger partial charge in [0.25, 0.3) is 0 Å². The Bertz CT molecular complexity index is 155. The molecule has 1 saturated heterocycles. The minimum atomic E-state index is 0.152. The van der Waals surface area contributed by atoms with Crippen LogP contribution < -0.4 is 11.1 Å². The molecule has 0 aromatic rings. The van der Waals surface area contributed by atoms with E-state index in [1.807, 2.05) is 0 Å². The lowest BCUT2D eigenvalue weighted by molar-refractivity contribution is 0.0333. The lowest BCUT2D eigenvalue weighted by atomic mass is 9.73. The van der Waals surface area contributed by atoms with Crippen molar-refractivity contribution in [3.05, 3.63) is 0 Å². The fourth-order valence-corrected chi connectivity index (χ4v) is 2.04. The van der Waals surface area contributed by atoms with E-state index in [1.54, 1.807) is 7.11 Å². The summed E-state index contributed by atoms with van der Waals surface area (Å²) in [4.78, 5) is 0. The first-order chi connectivity index (χ1) is 6.10. The maximum Gasteiger partial charge on any atom is 0.0699 e. The Hall–Kier alpha value is -0.120. The molecule has 1 fully saturated rings. The molecule has 0 aliphatic carbocycles. The molecule has 0 aromatic carbocycles. The third kappa shape index (κ3) is 2.42. The number of piperidine rings is 1. The predicted molar refractivity (Wildman–Crippen MR) is 54.7 cm³/mol. The summed E-state index contributed by atoms with van der Waals surface area (Å²) in [6, 6.07) is 0.152. The van der Waals surface area contributed by atoms with Crippen LogP contribution in [0, 0.1) is 5.41 Å². The van der Waals surface area contributed by atoms with Crippen molar-refractivity contribution in [2.45, 2.75) is 38.8 Å². The van der Waals surface area contributed by atoms with Crippen LogP contribution in [0.4, 0.5) is 0 Å². The predicted octanol–water partition coefficient (Wildman–Crippen LogP) is 0.738. The summed E-state index contributed by atoms with van der Waals surface area (Å²) in [7, 11) is 1.73. The van der Waals surface area contributed by atoms with E-state index in [2.05, 4.69) is 19.2 Å². The summed E-state index contributed by atoms with van der Waals surface area (Å²) in [6.45, 7) is 6.49. The van der Waals surface area contributed by atoms with Crippen LogP contribution in [-0.4, -0.2) is 32.3 Å². The molecule has 78 valence electrons. The molecule has 1 rings (SSSR count). The van der Waals surface area contributed by atoms with Gasteiger partial charge in [-0.3, -0.25) is 0 Å². The number of methoxy groups -OCH3 is 1. The zero-order chi connectivity index (χ0) is 9.90. The molecule has 0 amide bonds. The molecule has 0 aromatic heterocycles. The smallest absolute Gasteiger partial charge is 0.0699 e. The molecule has 3 heteroatoms. The van der Waals surface area contributed by atoms with E-state index in [0.29, 0.717) is 0 Å². The minimum Gasteiger partial charge on any atom is -0.380 e. The third-order valence-electron chi connectivity index (χ3n) is 3.43. The molecule has 0 spiro atoms. The molecule has 1 aliphatic rings. The first-order valence-electron chi connectivity index (χ1n) is 5.09. The quantitative estimate of drug-likeness (QED) is 0.683. The van der Waals surface area contributed by atoms with Crippen LogP contribution in [-0.2, 0) is 4.74 Å². The van der Waals surface area contributed by atoms with Crippen molar-refractivity contribution in [3.63, 3.8) is 0 Å². The Kier molecular flexibility index (Phi) is 3.71. The monoisotopic (exact) mass is 186 g/mol. The molecule has 3 N–H and O–H groups in total. The lowest BCUT2D eigenvalue weighted by Gasteiger charge is -2.41. The van der Waals surface area contributed by atoms with Gasteiger partial charge in [-0.1, -0.05) is 6.92 Å². The van der Waals surface area contributed by atoms with Gasteiger partial charge in [-0.15, -0.1) is 0 Å². The summed E-state index contributed by atoms with van der Waals surface area (Å²) in [5, 5.41) is 3.36. The molecule has 0 bridgehead atoms. The number of ether oxygens (including phenoxy) is 1. The van der Waals surface area contributed by atoms with Crippen LogP contribution in [0.3, 0.4) is 0 Å². The van der Waals surface area contributed by atoms with Gasteiger partial charge in [0.15, 0.2) is 0 Å². The zero-order valence-corrected chi connectivity index (χ0v) is 8.97. The van der Waals surface area contributed by atoms with Crippen molar-refractivity contribution >= 4 is 0 Å². The highest BCUT2D eigenvalue weighted by molar-refractivity contribution is 4.92. The van der Waals surface area contributed by atoms with E-state index in [0.717, 1.165) is 25.9 Å². The van der Waals surface area contributed by atoms with Crippen molar-refractivity contribution in [2.24, 2.45) is 11.1 Å². The van der Waals surface area contributed by atoms with Crippen molar-refractivity contribution in [1.29, 1.82) is 0 Å². The summed E-state index contributed by atoms with van der Waals surface area (Å²) in [5.41, 5.74) is 6.43. The molecule has 0 radical (unpaired) electrons. The van der Waals surface area contributed by atoms with Gasteiger partial charge >= 0.3 is 0 Å². The van der Waals surface area contributed by atoms with E-state index < -0.39 is 0 Å². The fraction of sp³-hybridized carbons (Fsp3) is 1.00. The average Bonchev–Trinajstić information content (AvgIpc) is 2.16. The number of hydrogen-bond donors (Lipinski definition) is 2. The Balaban J connectivity index is 2.55. The normalized spacial score (nSPS) is 26.8. The van der Waals surface area contributed by atoms with Gasteiger partial charge in [0.1, 0.15) is 0 Å². The van der Waals surface area contributed by atoms with Crippen molar-refractivity contribution in [3.8, 4) is 0 Å². The molecule has 1 heterocycles. The van der Waals surface area contributed by atoms with Gasteiger partial charge in [-0.25, -0.2) is 0 Å². The number of rotatable bonds is 3. The second-order valence-electron chi connectivity index (χ2n) is 4.37. The average molecular weight is 186 g/mol. The Morgan fingerprint density at radius 1 is 1.38 bits per heavy atom. The maximum atomic E-state index is 6.18. The van der Waals surface area contributed by atoms with Gasteiger partial charge < -0.3 is 15.8 Å². The highest BCUT2D eigenvalue weighted by atomic mass is 16.5. The zero-order valence-electron chi connectivity index (χ0n) is 8.97. The second-order valence-corrected chi connectivity index (χ2v) is 4.37. The molecule has 13 heavy (non-hydrogen) atoms. The maximum absolute atomic E-state index is 6.18. The van der Waals surface area contributed by atoms with Crippen LogP contribution in [0.1, 0.15) is 26.7 Å². The standard InChI is InChI=1S/C10H22N2O/c1-8(13-3)9(11)10(2)4-6-12-7-5-10/h8-9,12H,4-7,11H2,1-3H3/t8-,9?/m0/s1. The molecule has 2 atom stereocenters. The largest absolute Gasteiger partial charge is 0.380 e. The minimum absolute atomic E-state index is 0.152. The van der Waals surface area contributed by atoms with E-state index in [4.69, 9.17) is 10.5 Å². The van der Waals surface area contributed by atoms with Gasteiger partial charge in [0.2, 0.25) is 0 Å². The van der Waals surface area contributed by atoms with E-state index in [1.165, 1.54) is 0 Å². The molecule has 1 aliphatic heterocycles. The first kappa shape index (κ1) is 11.0. The Morgan fingerprint density at radius 3 is 2.38 bits per heavy atom. The Morgan fingerprint density at radius 2 is 1.92 bits per heavy atom. The van der Waals surface area contributed by atoms with Crippen molar-refractivity contribution in [1.82, 2.24) is 5.32 Å². The van der Waals surface area contributed by atoms with Crippen molar-refractivity contribution < 1.29 is 4.74 Å². The molecule has 3 nitrogen and oxygen atoms in total. The van der Waals surface area contributed by atoms with Crippen molar-refractivity contribution in [2.75, 3.05) is 20.2 Å². The van der Waals surface area contributed by atoms with Crippen LogP contribution in [0.2, 0.25) is 0 Å². The van der Waals surface area contributed by atoms with Gasteiger partial charge in [-0.2, -0.15) is 0 Å². The topological polar surface area (TPSA) is 47.3 Å². The highest BCUT2D eigenvalue weighted by Gasteiger charge is 2.36. The highest BCUT2D eigenvalue weighted by Crippen LogP contribution is 2.32. The lowest BCUT2D eigenvalue weighted by Crippen LogP contribution is -2.52. The van der Waals surface area contributed by atoms with Crippen LogP contribution in [0.15, 0.2) is 0 Å². The van der Waals surface area contributed by atoms with Gasteiger partial charge in [0.05, 0.1) is 6.10 Å². The second kappa shape index (κ2) is 4.40. The first-order valence-corrected chi connectivity index (χ1v) is 5.09. The molecular weight excluding hydrogens is 164 g/mol. The SMILES string of the molecule is CO[C@@H](C)C(N)C1(C)CCNCC1. The molecule has 1 unspecified atom stereocenters. The summed E-state index contributed by atoms with van der Waals surface area (Å²) in [6.07, 6.45) is 2.46. The molecule has 0 saturated carbocycles. The third-order valence-corrected chi connectivity index (χ3v) is 3.43.